The molecule has 0 aliphatic rings. The first-order valence-corrected chi connectivity index (χ1v) is 7.77. The molecule has 0 saturated heterocycles. The van der Waals surface area contributed by atoms with Crippen molar-refractivity contribution in [1.29, 1.82) is 0 Å². The lowest BCUT2D eigenvalue weighted by atomic mass is 10.1. The van der Waals surface area contributed by atoms with Crippen LogP contribution in [0.15, 0.2) is 35.7 Å². The summed E-state index contributed by atoms with van der Waals surface area (Å²) in [5, 5.41) is 4.76. The Kier molecular flexibility index (Phi) is 4.85. The number of nitrogens with zero attached hydrogens (tertiary/aromatic N) is 1. The fourth-order valence-corrected chi connectivity index (χ4v) is 3.09. The van der Waals surface area contributed by atoms with E-state index >= 15 is 0 Å². The van der Waals surface area contributed by atoms with Gasteiger partial charge in [0, 0.05) is 37.1 Å². The molecule has 0 saturated carbocycles. The largest absolute Gasteiger partial charge is 0.399 e. The number of amides is 1. The number of hydrogen-bond acceptors (Lipinski definition) is 4. The molecule has 0 radical (unpaired) electrons. The van der Waals surface area contributed by atoms with Crippen LogP contribution in [0.2, 0.25) is 0 Å². The van der Waals surface area contributed by atoms with Gasteiger partial charge >= 0.3 is 0 Å². The third-order valence-corrected chi connectivity index (χ3v) is 4.51. The molecular formula is C16H21N3OS. The standard InChI is InChI=1S/C16H21N3OS/c1-11(9-13-5-4-8-21-13)19(3)15-10-12(17)6-7-14(15)16(20)18-2/h4-8,10-11H,9,17H2,1-3H3,(H,18,20). The Hall–Kier alpha value is -2.01. The van der Waals surface area contributed by atoms with E-state index in [1.54, 1.807) is 30.5 Å². The molecule has 1 unspecified atom stereocenters. The van der Waals surface area contributed by atoms with Gasteiger partial charge in [-0.3, -0.25) is 4.79 Å². The first kappa shape index (κ1) is 15.4. The minimum atomic E-state index is -0.0971. The van der Waals surface area contributed by atoms with E-state index in [9.17, 15) is 4.79 Å². The zero-order chi connectivity index (χ0) is 15.4. The van der Waals surface area contributed by atoms with E-state index < -0.39 is 0 Å². The fraction of sp³-hybridized carbons (Fsp3) is 0.312. The van der Waals surface area contributed by atoms with Crippen LogP contribution in [-0.2, 0) is 6.42 Å². The zero-order valence-electron chi connectivity index (χ0n) is 12.6. The van der Waals surface area contributed by atoms with E-state index in [-0.39, 0.29) is 11.9 Å². The lowest BCUT2D eigenvalue weighted by molar-refractivity contribution is 0.0963. The second-order valence-corrected chi connectivity index (χ2v) is 6.13. The minimum Gasteiger partial charge on any atom is -0.399 e. The van der Waals surface area contributed by atoms with Gasteiger partial charge in [-0.15, -0.1) is 11.3 Å². The Bertz CT molecular complexity index is 610. The molecule has 2 rings (SSSR count). The zero-order valence-corrected chi connectivity index (χ0v) is 13.4. The van der Waals surface area contributed by atoms with E-state index in [4.69, 9.17) is 5.73 Å². The highest BCUT2D eigenvalue weighted by molar-refractivity contribution is 7.09. The van der Waals surface area contributed by atoms with Crippen LogP contribution in [0.1, 0.15) is 22.2 Å². The van der Waals surface area contributed by atoms with Crippen molar-refractivity contribution in [3.05, 3.63) is 46.2 Å². The Balaban J connectivity index is 2.26. The molecule has 112 valence electrons. The molecule has 1 aromatic carbocycles. The van der Waals surface area contributed by atoms with Crippen molar-refractivity contribution in [3.63, 3.8) is 0 Å². The van der Waals surface area contributed by atoms with Gasteiger partial charge in [-0.25, -0.2) is 0 Å². The molecule has 0 aliphatic heterocycles. The van der Waals surface area contributed by atoms with Crippen LogP contribution in [0.25, 0.3) is 0 Å². The third-order valence-electron chi connectivity index (χ3n) is 3.61. The van der Waals surface area contributed by atoms with Crippen molar-refractivity contribution in [2.24, 2.45) is 0 Å². The molecule has 1 heterocycles. The van der Waals surface area contributed by atoms with E-state index in [0.29, 0.717) is 11.3 Å². The summed E-state index contributed by atoms with van der Waals surface area (Å²) >= 11 is 1.75. The molecule has 1 amide bonds. The summed E-state index contributed by atoms with van der Waals surface area (Å²) in [5.74, 6) is -0.0971. The van der Waals surface area contributed by atoms with Crippen LogP contribution >= 0.6 is 11.3 Å². The first-order valence-electron chi connectivity index (χ1n) is 6.89. The summed E-state index contributed by atoms with van der Waals surface area (Å²) < 4.78 is 0. The quantitative estimate of drug-likeness (QED) is 0.835. The van der Waals surface area contributed by atoms with Gasteiger partial charge in [0.25, 0.3) is 5.91 Å². The highest BCUT2D eigenvalue weighted by atomic mass is 32.1. The van der Waals surface area contributed by atoms with Crippen molar-refractivity contribution in [2.75, 3.05) is 24.7 Å². The van der Waals surface area contributed by atoms with Gasteiger partial charge in [-0.1, -0.05) is 6.07 Å². The molecule has 1 atom stereocenters. The molecular weight excluding hydrogens is 282 g/mol. The van der Waals surface area contributed by atoms with Crippen LogP contribution in [0.5, 0.6) is 0 Å². The van der Waals surface area contributed by atoms with E-state index in [0.717, 1.165) is 12.1 Å². The molecule has 21 heavy (non-hydrogen) atoms. The predicted molar refractivity (Wildman–Crippen MR) is 90.1 cm³/mol. The summed E-state index contributed by atoms with van der Waals surface area (Å²) in [4.78, 5) is 15.5. The molecule has 3 N–H and O–H groups in total. The second kappa shape index (κ2) is 6.63. The number of nitrogen functional groups attached to an aromatic ring is 1. The van der Waals surface area contributed by atoms with E-state index in [1.165, 1.54) is 4.88 Å². The number of anilines is 2. The van der Waals surface area contributed by atoms with Gasteiger partial charge in [0.2, 0.25) is 0 Å². The Morgan fingerprint density at radius 3 is 2.81 bits per heavy atom. The number of hydrogen-bond donors (Lipinski definition) is 2. The summed E-state index contributed by atoms with van der Waals surface area (Å²) in [6.45, 7) is 2.15. The number of carbonyl (C=O) groups is 1. The molecule has 5 heteroatoms. The number of nitrogens with one attached hydrogen (secondary N) is 1. The number of carbonyl (C=O) groups excluding carboxylic acids is 1. The number of benzene rings is 1. The molecule has 2 aromatic rings. The van der Waals surface area contributed by atoms with E-state index in [1.807, 2.05) is 13.1 Å². The molecule has 0 spiro atoms. The average Bonchev–Trinajstić information content (AvgIpc) is 2.98. The number of likely N-dealkylation sites (N-methyl/N-ethyl adjacent to an activating group) is 1. The maximum atomic E-state index is 12.0. The highest BCUT2D eigenvalue weighted by Crippen LogP contribution is 2.26. The van der Waals surface area contributed by atoms with Gasteiger partial charge in [0.15, 0.2) is 0 Å². The van der Waals surface area contributed by atoms with Crippen LogP contribution in [-0.4, -0.2) is 26.0 Å². The van der Waals surface area contributed by atoms with Crippen LogP contribution in [0.3, 0.4) is 0 Å². The van der Waals surface area contributed by atoms with E-state index in [2.05, 4.69) is 34.7 Å². The monoisotopic (exact) mass is 303 g/mol. The minimum absolute atomic E-state index is 0.0971. The van der Waals surface area contributed by atoms with Gasteiger partial charge in [0.1, 0.15) is 0 Å². The molecule has 0 bridgehead atoms. The van der Waals surface area contributed by atoms with Gasteiger partial charge in [-0.05, 0) is 36.6 Å². The predicted octanol–water partition coefficient (Wildman–Crippen LogP) is 2.76. The highest BCUT2D eigenvalue weighted by Gasteiger charge is 2.18. The first-order chi connectivity index (χ1) is 10.0. The van der Waals surface area contributed by atoms with Crippen molar-refractivity contribution in [3.8, 4) is 0 Å². The van der Waals surface area contributed by atoms with Crippen LogP contribution in [0, 0.1) is 0 Å². The fourth-order valence-electron chi connectivity index (χ4n) is 2.26. The Morgan fingerprint density at radius 2 is 2.19 bits per heavy atom. The normalized spacial score (nSPS) is 12.0. The van der Waals surface area contributed by atoms with Crippen LogP contribution in [0.4, 0.5) is 11.4 Å². The summed E-state index contributed by atoms with van der Waals surface area (Å²) in [5.41, 5.74) is 8.05. The Labute approximate surface area is 129 Å². The summed E-state index contributed by atoms with van der Waals surface area (Å²) in [7, 11) is 3.64. The van der Waals surface area contributed by atoms with Gasteiger partial charge < -0.3 is 16.0 Å². The van der Waals surface area contributed by atoms with Crippen molar-refractivity contribution in [2.45, 2.75) is 19.4 Å². The second-order valence-electron chi connectivity index (χ2n) is 5.10. The average molecular weight is 303 g/mol. The summed E-state index contributed by atoms with van der Waals surface area (Å²) in [6.07, 6.45) is 0.941. The smallest absolute Gasteiger partial charge is 0.253 e. The van der Waals surface area contributed by atoms with Crippen LogP contribution < -0.4 is 16.0 Å². The number of nitrogens with two attached hydrogens (primary N) is 1. The van der Waals surface area contributed by atoms with Crippen molar-refractivity contribution in [1.82, 2.24) is 5.32 Å². The third kappa shape index (κ3) is 3.55. The Morgan fingerprint density at radius 1 is 1.43 bits per heavy atom. The molecule has 0 aliphatic carbocycles. The number of rotatable bonds is 5. The SMILES string of the molecule is CNC(=O)c1ccc(N)cc1N(C)C(C)Cc1cccs1. The summed E-state index contributed by atoms with van der Waals surface area (Å²) in [6, 6.07) is 9.85. The van der Waals surface area contributed by atoms with Crippen molar-refractivity contribution < 1.29 is 4.79 Å². The lowest BCUT2D eigenvalue weighted by Gasteiger charge is -2.28. The molecule has 4 nitrogen and oxygen atoms in total. The maximum absolute atomic E-state index is 12.0. The topological polar surface area (TPSA) is 58.4 Å². The maximum Gasteiger partial charge on any atom is 0.253 e. The number of thiophene rings is 1. The van der Waals surface area contributed by atoms with Gasteiger partial charge in [0.05, 0.1) is 11.3 Å². The molecule has 1 aromatic heterocycles. The van der Waals surface area contributed by atoms with Crippen molar-refractivity contribution >= 4 is 28.6 Å². The van der Waals surface area contributed by atoms with Gasteiger partial charge in [-0.2, -0.15) is 0 Å². The lowest BCUT2D eigenvalue weighted by Crippen LogP contribution is -2.33. The molecule has 0 fully saturated rings.